The molecule has 0 atom stereocenters. The van der Waals surface area contributed by atoms with Crippen LogP contribution in [-0.2, 0) is 9.47 Å². The van der Waals surface area contributed by atoms with Crippen molar-refractivity contribution in [3.05, 3.63) is 12.0 Å². The van der Waals surface area contributed by atoms with E-state index in [-0.39, 0.29) is 0 Å². The van der Waals surface area contributed by atoms with Gasteiger partial charge in [0.05, 0.1) is 12.9 Å². The Labute approximate surface area is 52.9 Å². The molecule has 0 radical (unpaired) electrons. The van der Waals surface area contributed by atoms with E-state index in [9.17, 15) is 0 Å². The van der Waals surface area contributed by atoms with Crippen molar-refractivity contribution >= 4 is 10.2 Å². The van der Waals surface area contributed by atoms with Crippen LogP contribution in [0.25, 0.3) is 0 Å². The molecule has 48 valence electrons. The van der Waals surface area contributed by atoms with Crippen LogP contribution in [0.15, 0.2) is 12.0 Å². The predicted octanol–water partition coefficient (Wildman–Crippen LogP) is -0.514. The number of rotatable bonds is 4. The van der Waals surface area contributed by atoms with Crippen LogP contribution in [0.4, 0.5) is 0 Å². The van der Waals surface area contributed by atoms with Crippen molar-refractivity contribution in [2.75, 3.05) is 20.3 Å². The zero-order valence-corrected chi connectivity index (χ0v) is 7.39. The lowest BCUT2D eigenvalue weighted by Gasteiger charge is -1.96. The second-order valence-electron chi connectivity index (χ2n) is 1.33. The third-order valence-corrected chi connectivity index (χ3v) is 0.910. The lowest BCUT2D eigenvalue weighted by Crippen LogP contribution is -1.96. The molecule has 0 amide bonds. The van der Waals surface area contributed by atoms with E-state index in [2.05, 4.69) is 0 Å². The first-order valence-corrected chi connectivity index (χ1v) is 3.79. The van der Waals surface area contributed by atoms with Gasteiger partial charge in [0.2, 0.25) is 0 Å². The molecule has 0 aromatic carbocycles. The highest BCUT2D eigenvalue weighted by Gasteiger charge is 1.76. The van der Waals surface area contributed by atoms with Gasteiger partial charge in [0.25, 0.3) is 0 Å². The van der Waals surface area contributed by atoms with Gasteiger partial charge in [-0.1, -0.05) is 5.70 Å². The van der Waals surface area contributed by atoms with Crippen LogP contribution in [-0.4, -0.2) is 30.6 Å². The summed E-state index contributed by atoms with van der Waals surface area (Å²) in [6.45, 7) is 1.33. The summed E-state index contributed by atoms with van der Waals surface area (Å²) < 4.78 is 9.69. The standard InChI is InChI=1S/C5H12O2Si/c1-6-2-3-7-4-5-8/h4-5H,2-3H2,1,8H3. The van der Waals surface area contributed by atoms with E-state index in [1.807, 2.05) is 5.70 Å². The topological polar surface area (TPSA) is 18.5 Å². The van der Waals surface area contributed by atoms with E-state index >= 15 is 0 Å². The Bertz CT molecular complexity index is 63.4. The summed E-state index contributed by atoms with van der Waals surface area (Å²) in [7, 11) is 2.72. The summed E-state index contributed by atoms with van der Waals surface area (Å²) in [6.07, 6.45) is 1.71. The molecule has 0 bridgehead atoms. The SMILES string of the molecule is COCCOC=C[SiH3]. The van der Waals surface area contributed by atoms with Crippen LogP contribution < -0.4 is 0 Å². The Kier molecular flexibility index (Phi) is 6.48. The Morgan fingerprint density at radius 1 is 1.50 bits per heavy atom. The van der Waals surface area contributed by atoms with Gasteiger partial charge in [0.15, 0.2) is 0 Å². The molecular weight excluding hydrogens is 120 g/mol. The molecule has 0 rings (SSSR count). The normalized spacial score (nSPS) is 10.6. The average Bonchev–Trinajstić information content (AvgIpc) is 1.81. The highest BCUT2D eigenvalue weighted by Crippen LogP contribution is 1.74. The molecule has 0 aromatic heterocycles. The molecule has 0 heterocycles. The van der Waals surface area contributed by atoms with Gasteiger partial charge in [-0.15, -0.1) is 0 Å². The van der Waals surface area contributed by atoms with Crippen molar-refractivity contribution in [2.45, 2.75) is 0 Å². The molecule has 2 nitrogen and oxygen atoms in total. The van der Waals surface area contributed by atoms with E-state index in [1.165, 1.54) is 0 Å². The first-order chi connectivity index (χ1) is 3.91. The Balaban J connectivity index is 2.72. The van der Waals surface area contributed by atoms with Gasteiger partial charge in [0.1, 0.15) is 6.61 Å². The molecule has 0 aliphatic carbocycles. The lowest BCUT2D eigenvalue weighted by molar-refractivity contribution is 0.124. The molecule has 0 fully saturated rings. The van der Waals surface area contributed by atoms with Crippen molar-refractivity contribution < 1.29 is 9.47 Å². The first kappa shape index (κ1) is 7.72. The minimum absolute atomic E-state index is 0.662. The fourth-order valence-electron chi connectivity index (χ4n) is 0.296. The van der Waals surface area contributed by atoms with Gasteiger partial charge >= 0.3 is 0 Å². The number of hydrogen-bond acceptors (Lipinski definition) is 2. The number of hydrogen-bond donors (Lipinski definition) is 0. The largest absolute Gasteiger partial charge is 0.500 e. The minimum Gasteiger partial charge on any atom is -0.500 e. The number of methoxy groups -OCH3 is 1. The molecule has 0 spiro atoms. The van der Waals surface area contributed by atoms with Gasteiger partial charge in [-0.3, -0.25) is 0 Å². The maximum atomic E-state index is 4.95. The highest BCUT2D eigenvalue weighted by molar-refractivity contribution is 6.16. The van der Waals surface area contributed by atoms with Gasteiger partial charge < -0.3 is 9.47 Å². The fourth-order valence-corrected chi connectivity index (χ4v) is 0.488. The molecule has 0 N–H and O–H groups in total. The van der Waals surface area contributed by atoms with Crippen LogP contribution >= 0.6 is 0 Å². The van der Waals surface area contributed by atoms with Crippen LogP contribution in [0.1, 0.15) is 0 Å². The second-order valence-corrected chi connectivity index (χ2v) is 2.00. The number of ether oxygens (including phenoxy) is 2. The Morgan fingerprint density at radius 2 is 2.25 bits per heavy atom. The molecule has 0 aliphatic heterocycles. The van der Waals surface area contributed by atoms with Crippen molar-refractivity contribution in [3.8, 4) is 0 Å². The van der Waals surface area contributed by atoms with Crippen molar-refractivity contribution in [1.82, 2.24) is 0 Å². The second kappa shape index (κ2) is 6.72. The predicted molar refractivity (Wildman–Crippen MR) is 36.9 cm³/mol. The average molecular weight is 132 g/mol. The summed E-state index contributed by atoms with van der Waals surface area (Å²) in [6, 6.07) is 0. The van der Waals surface area contributed by atoms with Crippen LogP contribution in [0.2, 0.25) is 0 Å². The van der Waals surface area contributed by atoms with Gasteiger partial charge in [0, 0.05) is 17.4 Å². The molecule has 0 unspecified atom stereocenters. The van der Waals surface area contributed by atoms with E-state index in [0.29, 0.717) is 13.2 Å². The Morgan fingerprint density at radius 3 is 2.75 bits per heavy atom. The summed E-state index contributed by atoms with van der Waals surface area (Å²) in [4.78, 5) is 0. The van der Waals surface area contributed by atoms with Crippen LogP contribution in [0, 0.1) is 0 Å². The Hall–Kier alpha value is -0.283. The van der Waals surface area contributed by atoms with Crippen molar-refractivity contribution in [3.63, 3.8) is 0 Å². The van der Waals surface area contributed by atoms with E-state index in [0.717, 1.165) is 10.2 Å². The molecular formula is C5H12O2Si. The molecule has 0 saturated heterocycles. The molecule has 0 aliphatic rings. The monoisotopic (exact) mass is 132 g/mol. The molecule has 0 saturated carbocycles. The van der Waals surface area contributed by atoms with Gasteiger partial charge in [-0.05, 0) is 0 Å². The quantitative estimate of drug-likeness (QED) is 0.291. The fraction of sp³-hybridized carbons (Fsp3) is 0.600. The van der Waals surface area contributed by atoms with Crippen molar-refractivity contribution in [2.24, 2.45) is 0 Å². The maximum absolute atomic E-state index is 4.95. The molecule has 0 aromatic rings. The van der Waals surface area contributed by atoms with Gasteiger partial charge in [-0.2, -0.15) is 0 Å². The zero-order chi connectivity index (χ0) is 6.24. The van der Waals surface area contributed by atoms with Crippen LogP contribution in [0.5, 0.6) is 0 Å². The lowest BCUT2D eigenvalue weighted by atomic mass is 10.8. The minimum atomic E-state index is 0.662. The zero-order valence-electron chi connectivity index (χ0n) is 5.39. The van der Waals surface area contributed by atoms with E-state index < -0.39 is 0 Å². The summed E-state index contributed by atoms with van der Waals surface area (Å²) in [5.41, 5.74) is 1.98. The van der Waals surface area contributed by atoms with Gasteiger partial charge in [-0.25, -0.2) is 0 Å². The first-order valence-electron chi connectivity index (χ1n) is 2.63. The summed E-state index contributed by atoms with van der Waals surface area (Å²) in [5, 5.41) is 0. The van der Waals surface area contributed by atoms with Crippen LogP contribution in [0.3, 0.4) is 0 Å². The molecule has 3 heteroatoms. The summed E-state index contributed by atoms with van der Waals surface area (Å²) in [5.74, 6) is 0. The smallest absolute Gasteiger partial charge is 0.111 e. The van der Waals surface area contributed by atoms with Crippen molar-refractivity contribution in [1.29, 1.82) is 0 Å². The maximum Gasteiger partial charge on any atom is 0.111 e. The third kappa shape index (κ3) is 5.72. The third-order valence-electron chi connectivity index (χ3n) is 0.638. The summed E-state index contributed by atoms with van der Waals surface area (Å²) >= 11 is 0. The van der Waals surface area contributed by atoms with E-state index in [4.69, 9.17) is 9.47 Å². The highest BCUT2D eigenvalue weighted by atomic mass is 28.1. The molecule has 8 heavy (non-hydrogen) atoms. The van der Waals surface area contributed by atoms with E-state index in [1.54, 1.807) is 13.4 Å².